The summed E-state index contributed by atoms with van der Waals surface area (Å²) >= 11 is 0. The van der Waals surface area contributed by atoms with Gasteiger partial charge in [0.2, 0.25) is 5.91 Å². The zero-order chi connectivity index (χ0) is 14.0. The molecule has 0 spiro atoms. The molecule has 0 bridgehead atoms. The van der Waals surface area contributed by atoms with Crippen LogP contribution in [0.3, 0.4) is 0 Å². The molecule has 4 amide bonds. The van der Waals surface area contributed by atoms with E-state index < -0.39 is 18.0 Å². The minimum absolute atomic E-state index is 0.0785. The molecular formula is C11H14N4O4. The number of hydrogen-bond acceptors (Lipinski definition) is 5. The molecule has 1 fully saturated rings. The van der Waals surface area contributed by atoms with Gasteiger partial charge in [0.05, 0.1) is 13.0 Å². The highest BCUT2D eigenvalue weighted by Gasteiger charge is 2.32. The smallest absolute Gasteiger partial charge is 0.322 e. The largest absolute Gasteiger partial charge is 0.361 e. The maximum Gasteiger partial charge on any atom is 0.322 e. The Morgan fingerprint density at radius 1 is 1.53 bits per heavy atom. The first kappa shape index (κ1) is 13.1. The summed E-state index contributed by atoms with van der Waals surface area (Å²) < 4.78 is 4.90. The fraction of sp³-hybridized carbons (Fsp3) is 0.455. The average Bonchev–Trinajstić information content (AvgIpc) is 2.85. The molecule has 102 valence electrons. The van der Waals surface area contributed by atoms with Gasteiger partial charge < -0.3 is 14.7 Å². The second-order valence-corrected chi connectivity index (χ2v) is 4.40. The second-order valence-electron chi connectivity index (χ2n) is 4.40. The van der Waals surface area contributed by atoms with Crippen LogP contribution in [0, 0.1) is 6.92 Å². The number of imide groups is 1. The van der Waals surface area contributed by atoms with Gasteiger partial charge in [0, 0.05) is 13.1 Å². The number of aromatic nitrogens is 1. The van der Waals surface area contributed by atoms with E-state index in [9.17, 15) is 14.4 Å². The van der Waals surface area contributed by atoms with Crippen molar-refractivity contribution in [3.8, 4) is 0 Å². The van der Waals surface area contributed by atoms with Gasteiger partial charge in [-0.25, -0.2) is 4.79 Å². The predicted octanol–water partition coefficient (Wildman–Crippen LogP) is -0.460. The van der Waals surface area contributed by atoms with Crippen molar-refractivity contribution in [2.45, 2.75) is 25.9 Å². The Morgan fingerprint density at radius 3 is 2.79 bits per heavy atom. The summed E-state index contributed by atoms with van der Waals surface area (Å²) in [5, 5.41) is 8.23. The lowest BCUT2D eigenvalue weighted by Crippen LogP contribution is -2.37. The third-order valence-corrected chi connectivity index (χ3v) is 2.74. The first-order valence-electron chi connectivity index (χ1n) is 5.73. The lowest BCUT2D eigenvalue weighted by Gasteiger charge is -2.17. The number of carbonyl (C=O) groups excluding carboxylic acids is 3. The van der Waals surface area contributed by atoms with Gasteiger partial charge in [0.15, 0.2) is 0 Å². The summed E-state index contributed by atoms with van der Waals surface area (Å²) in [7, 11) is 1.60. The summed E-state index contributed by atoms with van der Waals surface area (Å²) in [6.45, 7) is 2.05. The summed E-state index contributed by atoms with van der Waals surface area (Å²) in [5.41, 5.74) is 0.633. The topological polar surface area (TPSA) is 105 Å². The van der Waals surface area contributed by atoms with E-state index in [-0.39, 0.29) is 12.3 Å². The third kappa shape index (κ3) is 3.09. The van der Waals surface area contributed by atoms with E-state index in [2.05, 4.69) is 15.8 Å². The molecule has 0 aliphatic carbocycles. The van der Waals surface area contributed by atoms with Crippen LogP contribution in [-0.4, -0.2) is 41.0 Å². The molecule has 0 aromatic carbocycles. The summed E-state index contributed by atoms with van der Waals surface area (Å²) in [6.07, 6.45) is -0.0785. The van der Waals surface area contributed by atoms with E-state index in [0.717, 1.165) is 0 Å². The van der Waals surface area contributed by atoms with E-state index >= 15 is 0 Å². The predicted molar refractivity (Wildman–Crippen MR) is 62.8 cm³/mol. The van der Waals surface area contributed by atoms with E-state index in [4.69, 9.17) is 4.52 Å². The van der Waals surface area contributed by atoms with Crippen LogP contribution < -0.4 is 10.6 Å². The van der Waals surface area contributed by atoms with Gasteiger partial charge in [0.1, 0.15) is 17.5 Å². The van der Waals surface area contributed by atoms with Gasteiger partial charge in [-0.3, -0.25) is 14.9 Å². The fourth-order valence-corrected chi connectivity index (χ4v) is 1.76. The molecule has 1 aromatic heterocycles. The Kier molecular flexibility index (Phi) is 3.50. The van der Waals surface area contributed by atoms with E-state index in [1.165, 1.54) is 4.90 Å². The van der Waals surface area contributed by atoms with E-state index in [1.54, 1.807) is 20.0 Å². The zero-order valence-electron chi connectivity index (χ0n) is 10.6. The maximum absolute atomic E-state index is 11.9. The Bertz CT molecular complexity index is 525. The van der Waals surface area contributed by atoms with Crippen molar-refractivity contribution in [1.82, 2.24) is 20.7 Å². The van der Waals surface area contributed by atoms with Crippen molar-refractivity contribution in [2.24, 2.45) is 0 Å². The molecule has 0 unspecified atom stereocenters. The monoisotopic (exact) mass is 266 g/mol. The Labute approximate surface area is 109 Å². The standard InChI is InChI=1S/C11H14N4O4/c1-6-3-7(14-19-6)5-15(2)9(16)4-8-10(17)13-11(18)12-8/h3,8H,4-5H2,1-2H3,(H2,12,13,17,18)/t8-/m0/s1. The molecule has 0 saturated carbocycles. The normalized spacial score (nSPS) is 18.1. The highest BCUT2D eigenvalue weighted by Crippen LogP contribution is 2.07. The molecule has 1 atom stereocenters. The highest BCUT2D eigenvalue weighted by atomic mass is 16.5. The molecule has 1 saturated heterocycles. The van der Waals surface area contributed by atoms with Crippen LogP contribution in [0.15, 0.2) is 10.6 Å². The van der Waals surface area contributed by atoms with Crippen molar-refractivity contribution in [3.05, 3.63) is 17.5 Å². The maximum atomic E-state index is 11.9. The number of hydrogen-bond donors (Lipinski definition) is 2. The van der Waals surface area contributed by atoms with Crippen LogP contribution in [-0.2, 0) is 16.1 Å². The van der Waals surface area contributed by atoms with Gasteiger partial charge >= 0.3 is 6.03 Å². The first-order chi connectivity index (χ1) is 8.95. The van der Waals surface area contributed by atoms with Gasteiger partial charge in [-0.15, -0.1) is 0 Å². The average molecular weight is 266 g/mol. The first-order valence-corrected chi connectivity index (χ1v) is 5.73. The number of aryl methyl sites for hydroxylation is 1. The number of amides is 4. The van der Waals surface area contributed by atoms with Crippen LogP contribution in [0.1, 0.15) is 17.9 Å². The van der Waals surface area contributed by atoms with Crippen molar-refractivity contribution < 1.29 is 18.9 Å². The van der Waals surface area contributed by atoms with Crippen LogP contribution in [0.25, 0.3) is 0 Å². The second kappa shape index (κ2) is 5.09. The van der Waals surface area contributed by atoms with Crippen LogP contribution in [0.2, 0.25) is 0 Å². The fourth-order valence-electron chi connectivity index (χ4n) is 1.76. The zero-order valence-corrected chi connectivity index (χ0v) is 10.6. The Morgan fingerprint density at radius 2 is 2.26 bits per heavy atom. The molecular weight excluding hydrogens is 252 g/mol. The van der Waals surface area contributed by atoms with E-state index in [0.29, 0.717) is 18.0 Å². The Balaban J connectivity index is 1.89. The lowest BCUT2D eigenvalue weighted by atomic mass is 10.2. The molecule has 1 aliphatic heterocycles. The summed E-state index contributed by atoms with van der Waals surface area (Å²) in [5.74, 6) is -0.0784. The molecule has 1 aliphatic rings. The molecule has 1 aromatic rings. The van der Waals surface area contributed by atoms with Gasteiger partial charge in [-0.05, 0) is 6.92 Å². The van der Waals surface area contributed by atoms with Crippen LogP contribution >= 0.6 is 0 Å². The molecule has 19 heavy (non-hydrogen) atoms. The van der Waals surface area contributed by atoms with Gasteiger partial charge in [-0.1, -0.05) is 5.16 Å². The third-order valence-electron chi connectivity index (χ3n) is 2.74. The summed E-state index contributed by atoms with van der Waals surface area (Å²) in [6, 6.07) is 0.354. The van der Waals surface area contributed by atoms with Crippen molar-refractivity contribution in [3.63, 3.8) is 0 Å². The number of carbonyl (C=O) groups is 3. The minimum atomic E-state index is -0.804. The quantitative estimate of drug-likeness (QED) is 0.717. The lowest BCUT2D eigenvalue weighted by molar-refractivity contribution is -0.133. The Hall–Kier alpha value is -2.38. The molecule has 8 heteroatoms. The highest BCUT2D eigenvalue weighted by molar-refractivity contribution is 6.05. The molecule has 2 rings (SSSR count). The molecule has 0 radical (unpaired) electrons. The number of nitrogens with zero attached hydrogens (tertiary/aromatic N) is 2. The summed E-state index contributed by atoms with van der Waals surface area (Å²) in [4.78, 5) is 35.6. The number of urea groups is 1. The van der Waals surface area contributed by atoms with Crippen molar-refractivity contribution in [2.75, 3.05) is 7.05 Å². The van der Waals surface area contributed by atoms with Gasteiger partial charge in [-0.2, -0.15) is 0 Å². The van der Waals surface area contributed by atoms with Crippen LogP contribution in [0.5, 0.6) is 0 Å². The minimum Gasteiger partial charge on any atom is -0.361 e. The van der Waals surface area contributed by atoms with Gasteiger partial charge in [0.25, 0.3) is 5.91 Å². The number of rotatable bonds is 4. The van der Waals surface area contributed by atoms with Crippen molar-refractivity contribution >= 4 is 17.8 Å². The molecule has 8 nitrogen and oxygen atoms in total. The molecule has 2 N–H and O–H groups in total. The van der Waals surface area contributed by atoms with Crippen LogP contribution in [0.4, 0.5) is 4.79 Å². The SMILES string of the molecule is Cc1cc(CN(C)C(=O)C[C@@H]2NC(=O)NC2=O)no1. The van der Waals surface area contributed by atoms with E-state index in [1.807, 2.05) is 0 Å². The number of nitrogens with one attached hydrogen (secondary N) is 2. The molecule has 2 heterocycles. The van der Waals surface area contributed by atoms with Crippen molar-refractivity contribution in [1.29, 1.82) is 0 Å².